The molecule has 0 aliphatic carbocycles. The van der Waals surface area contributed by atoms with Crippen LogP contribution >= 0.6 is 0 Å². The Morgan fingerprint density at radius 1 is 0.952 bits per heavy atom. The fraction of sp³-hybridized carbons (Fsp3) is 0.286. The molecule has 7 heteroatoms. The van der Waals surface area contributed by atoms with Crippen LogP contribution < -0.4 is 0 Å². The summed E-state index contributed by atoms with van der Waals surface area (Å²) >= 11 is 0. The van der Waals surface area contributed by atoms with E-state index in [0.29, 0.717) is 11.5 Å². The van der Waals surface area contributed by atoms with Crippen LogP contribution in [0.3, 0.4) is 0 Å². The Kier molecular flexibility index (Phi) is 11.4. The van der Waals surface area contributed by atoms with Gasteiger partial charge in [-0.15, -0.1) is 0 Å². The van der Waals surface area contributed by atoms with Gasteiger partial charge in [0.25, 0.3) is 0 Å². The molecule has 4 N–H and O–H groups in total. The van der Waals surface area contributed by atoms with Crippen LogP contribution in [0.1, 0.15) is 25.4 Å². The number of aliphatic hydroxyl groups excluding tert-OH is 2. The van der Waals surface area contributed by atoms with Gasteiger partial charge in [0.1, 0.15) is 24.7 Å². The maximum Gasteiger partial charge on any atom is 0.330 e. The van der Waals surface area contributed by atoms with E-state index >= 15 is 0 Å². The fourth-order valence-electron chi connectivity index (χ4n) is 0.592. The Hall–Kier alpha value is -2.38. The summed E-state index contributed by atoms with van der Waals surface area (Å²) in [4.78, 5) is 19.2. The number of hydrogen-bond donors (Lipinski definition) is 4. The first-order chi connectivity index (χ1) is 9.65. The Morgan fingerprint density at radius 3 is 1.29 bits per heavy atom. The average molecular weight is 300 g/mol. The lowest BCUT2D eigenvalue weighted by Gasteiger charge is -1.86. The molecule has 0 saturated carbocycles. The zero-order valence-corrected chi connectivity index (χ0v) is 12.0. The molecular formula is C14H20O7. The molecule has 0 amide bonds. The molecule has 0 bridgehead atoms. The molecule has 0 aliphatic rings. The molecule has 0 fully saturated rings. The fourth-order valence-corrected chi connectivity index (χ4v) is 0.592. The van der Waals surface area contributed by atoms with Gasteiger partial charge in [0.05, 0.1) is 0 Å². The van der Waals surface area contributed by atoms with Gasteiger partial charge in [0.2, 0.25) is 0 Å². The topological polar surface area (TPSA) is 128 Å². The van der Waals surface area contributed by atoms with E-state index in [0.717, 1.165) is 0 Å². The van der Waals surface area contributed by atoms with Crippen molar-refractivity contribution < 1.29 is 34.4 Å². The van der Waals surface area contributed by atoms with Gasteiger partial charge in [-0.25, -0.2) is 9.59 Å². The van der Waals surface area contributed by atoms with Crippen LogP contribution in [-0.4, -0.2) is 32.4 Å². The molecule has 0 aromatic carbocycles. The van der Waals surface area contributed by atoms with Gasteiger partial charge < -0.3 is 24.8 Å². The van der Waals surface area contributed by atoms with Crippen molar-refractivity contribution in [2.45, 2.75) is 27.1 Å². The van der Waals surface area contributed by atoms with E-state index in [-0.39, 0.29) is 24.4 Å². The summed E-state index contributed by atoms with van der Waals surface area (Å²) in [7, 11) is 0. The van der Waals surface area contributed by atoms with Gasteiger partial charge in [0.15, 0.2) is 0 Å². The van der Waals surface area contributed by atoms with E-state index in [2.05, 4.69) is 13.2 Å². The summed E-state index contributed by atoms with van der Waals surface area (Å²) in [5, 5.41) is 32.7. The van der Waals surface area contributed by atoms with Crippen LogP contribution in [0.5, 0.6) is 0 Å². The molecule has 0 saturated heterocycles. The summed E-state index contributed by atoms with van der Waals surface area (Å²) in [6.07, 6.45) is 0. The summed E-state index contributed by atoms with van der Waals surface area (Å²) in [6, 6.07) is 3.26. The molecule has 0 unspecified atom stereocenters. The van der Waals surface area contributed by atoms with Crippen molar-refractivity contribution in [3.8, 4) is 0 Å². The molecule has 7 nitrogen and oxygen atoms in total. The number of aliphatic carboxylic acids is 2. The third-order valence-corrected chi connectivity index (χ3v) is 1.76. The lowest BCUT2D eigenvalue weighted by Crippen LogP contribution is -1.92. The van der Waals surface area contributed by atoms with Crippen LogP contribution in [0.2, 0.25) is 0 Å². The van der Waals surface area contributed by atoms with E-state index in [9.17, 15) is 9.59 Å². The zero-order chi connectivity index (χ0) is 17.0. The molecule has 21 heavy (non-hydrogen) atoms. The smallest absolute Gasteiger partial charge is 0.330 e. The lowest BCUT2D eigenvalue weighted by molar-refractivity contribution is -0.133. The Balaban J connectivity index is 0. The number of rotatable bonds is 4. The Labute approximate surface area is 122 Å². The number of aliphatic hydroxyl groups is 2. The van der Waals surface area contributed by atoms with Crippen LogP contribution in [0.4, 0.5) is 0 Å². The predicted octanol–water partition coefficient (Wildman–Crippen LogP) is 1.56. The normalized spacial score (nSPS) is 8.57. The van der Waals surface area contributed by atoms with Crippen molar-refractivity contribution in [1.29, 1.82) is 0 Å². The standard InChI is InChI=1S/C6H8O3.2C4H6O2/c7-3-5-1-2-6(4-8)9-5;2*1-3(2)4(5)6/h1-2,7-8H,3-4H2;2*1H2,2H3,(H,5,6). The average Bonchev–Trinajstić information content (AvgIpc) is 2.87. The highest BCUT2D eigenvalue weighted by Gasteiger charge is 1.96. The Bertz CT molecular complexity index is 419. The molecular weight excluding hydrogens is 280 g/mol. The number of carboxylic acids is 2. The highest BCUT2D eigenvalue weighted by Crippen LogP contribution is 2.06. The maximum atomic E-state index is 9.60. The molecule has 1 heterocycles. The van der Waals surface area contributed by atoms with Crippen molar-refractivity contribution in [2.24, 2.45) is 0 Å². The van der Waals surface area contributed by atoms with Gasteiger partial charge in [-0.05, 0) is 26.0 Å². The van der Waals surface area contributed by atoms with E-state index < -0.39 is 11.9 Å². The molecule has 1 aromatic heterocycles. The monoisotopic (exact) mass is 300 g/mol. The largest absolute Gasteiger partial charge is 0.478 e. The minimum absolute atomic E-state index is 0.111. The first-order valence-electron chi connectivity index (χ1n) is 5.72. The van der Waals surface area contributed by atoms with Crippen LogP contribution in [-0.2, 0) is 22.8 Å². The second-order valence-electron chi connectivity index (χ2n) is 3.86. The minimum atomic E-state index is -0.935. The minimum Gasteiger partial charge on any atom is -0.478 e. The Morgan fingerprint density at radius 2 is 1.19 bits per heavy atom. The second kappa shape index (κ2) is 11.4. The van der Waals surface area contributed by atoms with Gasteiger partial charge in [-0.1, -0.05) is 13.2 Å². The SMILES string of the molecule is C=C(C)C(=O)O.C=C(C)C(=O)O.OCc1ccc(CO)o1. The van der Waals surface area contributed by atoms with Crippen molar-refractivity contribution in [3.63, 3.8) is 0 Å². The molecule has 118 valence electrons. The van der Waals surface area contributed by atoms with Gasteiger partial charge in [-0.2, -0.15) is 0 Å². The highest BCUT2D eigenvalue weighted by atomic mass is 16.4. The summed E-state index contributed by atoms with van der Waals surface area (Å²) in [5.41, 5.74) is 0.352. The number of hydrogen-bond acceptors (Lipinski definition) is 5. The number of carbonyl (C=O) groups is 2. The second-order valence-corrected chi connectivity index (χ2v) is 3.86. The number of furan rings is 1. The van der Waals surface area contributed by atoms with Crippen LogP contribution in [0.25, 0.3) is 0 Å². The molecule has 1 aromatic rings. The van der Waals surface area contributed by atoms with Crippen LogP contribution in [0, 0.1) is 0 Å². The van der Waals surface area contributed by atoms with Crippen molar-refractivity contribution >= 4 is 11.9 Å². The van der Waals surface area contributed by atoms with Gasteiger partial charge in [0, 0.05) is 11.1 Å². The first-order valence-corrected chi connectivity index (χ1v) is 5.72. The summed E-state index contributed by atoms with van der Waals surface area (Å²) in [6.45, 7) is 8.98. The van der Waals surface area contributed by atoms with Crippen molar-refractivity contribution in [2.75, 3.05) is 0 Å². The maximum absolute atomic E-state index is 9.60. The van der Waals surface area contributed by atoms with E-state index in [1.165, 1.54) is 13.8 Å². The first kappa shape index (κ1) is 20.9. The van der Waals surface area contributed by atoms with E-state index in [4.69, 9.17) is 24.8 Å². The zero-order valence-electron chi connectivity index (χ0n) is 12.0. The van der Waals surface area contributed by atoms with Gasteiger partial charge in [-0.3, -0.25) is 0 Å². The molecule has 1 rings (SSSR count). The van der Waals surface area contributed by atoms with Crippen LogP contribution in [0.15, 0.2) is 40.9 Å². The molecule has 0 aliphatic heterocycles. The number of carboxylic acid groups (broad SMARTS) is 2. The van der Waals surface area contributed by atoms with E-state index in [1.807, 2.05) is 0 Å². The van der Waals surface area contributed by atoms with Crippen molar-refractivity contribution in [1.82, 2.24) is 0 Å². The lowest BCUT2D eigenvalue weighted by atomic mass is 10.4. The third-order valence-electron chi connectivity index (χ3n) is 1.76. The molecule has 0 atom stereocenters. The molecule has 0 radical (unpaired) electrons. The van der Waals surface area contributed by atoms with Gasteiger partial charge >= 0.3 is 11.9 Å². The third kappa shape index (κ3) is 12.4. The highest BCUT2D eigenvalue weighted by molar-refractivity contribution is 5.85. The van der Waals surface area contributed by atoms with E-state index in [1.54, 1.807) is 12.1 Å². The van der Waals surface area contributed by atoms with Crippen molar-refractivity contribution in [3.05, 3.63) is 48.0 Å². The summed E-state index contributed by atoms with van der Waals surface area (Å²) < 4.78 is 4.88. The predicted molar refractivity (Wildman–Crippen MR) is 75.5 cm³/mol. The molecule has 0 spiro atoms. The quantitative estimate of drug-likeness (QED) is 0.621. The summed E-state index contributed by atoms with van der Waals surface area (Å²) in [5.74, 6) is -0.900.